The number of aliphatic hydroxyl groups is 1. The first-order valence-electron chi connectivity index (χ1n) is 19.4. The molecule has 4 atom stereocenters. The lowest BCUT2D eigenvalue weighted by Gasteiger charge is -2.30. The highest BCUT2D eigenvalue weighted by atomic mass is 35.5. The number of hydrogen-bond donors (Lipinski definition) is 6. The number of hydrogen-bond acceptors (Lipinski definition) is 11. The minimum absolute atomic E-state index is 0.0646. The molecule has 1 aliphatic carbocycles. The first-order chi connectivity index (χ1) is 27.1. The Labute approximate surface area is 336 Å². The van der Waals surface area contributed by atoms with Gasteiger partial charge in [-0.25, -0.2) is 28.9 Å². The molecule has 3 aromatic rings. The summed E-state index contributed by atoms with van der Waals surface area (Å²) in [6.07, 6.45) is 12.3. The maximum absolute atomic E-state index is 13.9. The molecule has 6 N–H and O–H groups in total. The Bertz CT molecular complexity index is 1750. The van der Waals surface area contributed by atoms with Crippen molar-refractivity contribution < 1.29 is 48.6 Å². The predicted octanol–water partition coefficient (Wildman–Crippen LogP) is 6.60. The van der Waals surface area contributed by atoms with Crippen molar-refractivity contribution in [3.63, 3.8) is 0 Å². The van der Waals surface area contributed by atoms with Crippen molar-refractivity contribution in [3.05, 3.63) is 64.6 Å². The molecule has 0 spiro atoms. The van der Waals surface area contributed by atoms with E-state index < -0.39 is 41.5 Å². The normalized spacial score (nSPS) is 17.6. The first-order valence-corrected chi connectivity index (χ1v) is 19.8. The lowest BCUT2D eigenvalue weighted by Crippen LogP contribution is -2.37. The van der Waals surface area contributed by atoms with E-state index in [1.165, 1.54) is 31.1 Å². The van der Waals surface area contributed by atoms with Gasteiger partial charge in [0.2, 0.25) is 5.95 Å². The molecule has 0 radical (unpaired) electrons. The van der Waals surface area contributed by atoms with Crippen LogP contribution in [0.2, 0.25) is 5.02 Å². The van der Waals surface area contributed by atoms with Gasteiger partial charge in [-0.2, -0.15) is 4.98 Å². The van der Waals surface area contributed by atoms with Gasteiger partial charge in [0.15, 0.2) is 5.79 Å². The van der Waals surface area contributed by atoms with E-state index in [9.17, 15) is 23.9 Å². The van der Waals surface area contributed by atoms with Gasteiger partial charge >= 0.3 is 12.1 Å². The van der Waals surface area contributed by atoms with E-state index in [4.69, 9.17) is 36.3 Å². The summed E-state index contributed by atoms with van der Waals surface area (Å²) in [5.74, 6) is -2.66. The summed E-state index contributed by atoms with van der Waals surface area (Å²) >= 11 is 5.94. The van der Waals surface area contributed by atoms with E-state index in [1.54, 1.807) is 24.6 Å². The lowest BCUT2D eigenvalue weighted by atomic mass is 9.88. The number of anilines is 1. The molecule has 5 rings (SSSR count). The summed E-state index contributed by atoms with van der Waals surface area (Å²) in [5, 5.41) is 36.6. The average molecular weight is 820 g/mol. The van der Waals surface area contributed by atoms with Crippen molar-refractivity contribution in [2.45, 2.75) is 116 Å². The predicted molar refractivity (Wildman–Crippen MR) is 208 cm³/mol. The van der Waals surface area contributed by atoms with Gasteiger partial charge in [0.1, 0.15) is 23.7 Å². The minimum atomic E-state index is -1.36. The van der Waals surface area contributed by atoms with Gasteiger partial charge in [-0.3, -0.25) is 14.2 Å². The summed E-state index contributed by atoms with van der Waals surface area (Å²) < 4.78 is 20.9. The molecule has 0 bridgehead atoms. The Kier molecular flexibility index (Phi) is 17.4. The van der Waals surface area contributed by atoms with E-state index >= 15 is 0 Å². The van der Waals surface area contributed by atoms with Gasteiger partial charge in [-0.05, 0) is 75.6 Å². The number of aromatic nitrogens is 4. The lowest BCUT2D eigenvalue weighted by molar-refractivity contribution is -0.437. The SMILES string of the molecule is CCC(CC(C)C(=O)O)CC(C)(O)OOC1CCCCC1.Cc1cnc(NC2CCOCC2)nc1-n1cnc(C(=O)NC(CNC(=O)O)c2cc(F)cc(Cl)c2)c1. The number of carboxylic acids is 1. The molecule has 16 nitrogen and oxygen atoms in total. The zero-order valence-electron chi connectivity index (χ0n) is 32.9. The number of rotatable bonds is 17. The molecule has 1 saturated heterocycles. The second kappa shape index (κ2) is 21.9. The van der Waals surface area contributed by atoms with E-state index in [2.05, 4.69) is 30.9 Å². The molecule has 4 unspecified atom stereocenters. The first kappa shape index (κ1) is 45.3. The number of carbonyl (C=O) groups excluding carboxylic acids is 1. The third-order valence-corrected chi connectivity index (χ3v) is 10.1. The third-order valence-electron chi connectivity index (χ3n) is 9.88. The highest BCUT2D eigenvalue weighted by Crippen LogP contribution is 2.29. The average Bonchev–Trinajstić information content (AvgIpc) is 3.67. The topological polar surface area (TPSA) is 219 Å². The third kappa shape index (κ3) is 15.1. The molecule has 18 heteroatoms. The Balaban J connectivity index is 0.000000293. The number of imidazole rings is 1. The van der Waals surface area contributed by atoms with Gasteiger partial charge in [-0.1, -0.05) is 51.1 Å². The zero-order chi connectivity index (χ0) is 41.5. The zero-order valence-corrected chi connectivity index (χ0v) is 33.6. The van der Waals surface area contributed by atoms with Gasteiger partial charge in [0.25, 0.3) is 5.91 Å². The largest absolute Gasteiger partial charge is 0.481 e. The van der Waals surface area contributed by atoms with Crippen LogP contribution in [-0.2, 0) is 19.3 Å². The minimum Gasteiger partial charge on any atom is -0.481 e. The number of halogens is 2. The summed E-state index contributed by atoms with van der Waals surface area (Å²) in [6.45, 7) is 8.28. The standard InChI is InChI=1S/C23H25ClFN7O4.C16H30O5/c1-13-9-26-22(29-17-2-4-36-5-3-17)31-20(13)32-11-19(28-12-32)21(33)30-18(10-27-23(34)35)14-6-15(24)8-16(25)7-14;1-4-13(10-12(2)15(17)18)11-16(3,19)21-20-14-8-6-5-7-9-14/h6-9,11-12,17-18,27H,2-5,10H2,1H3,(H,30,33)(H,34,35)(H,26,29,31);12-14,19H,4-11H2,1-3H3,(H,17,18). The van der Waals surface area contributed by atoms with Crippen LogP contribution in [-0.4, -0.2) is 90.5 Å². The Hall–Kier alpha value is -4.42. The van der Waals surface area contributed by atoms with Gasteiger partial charge < -0.3 is 36.0 Å². The van der Waals surface area contributed by atoms with Crippen LogP contribution in [0.15, 0.2) is 36.9 Å². The number of aryl methyl sites for hydroxylation is 1. The van der Waals surface area contributed by atoms with Crippen molar-refractivity contribution >= 4 is 35.5 Å². The van der Waals surface area contributed by atoms with Crippen molar-refractivity contribution in [2.24, 2.45) is 11.8 Å². The molecule has 314 valence electrons. The van der Waals surface area contributed by atoms with Crippen molar-refractivity contribution in [1.29, 1.82) is 0 Å². The highest BCUT2D eigenvalue weighted by Gasteiger charge is 2.30. The van der Waals surface area contributed by atoms with Crippen LogP contribution in [0.4, 0.5) is 15.1 Å². The molecular formula is C39H55ClFN7O9. The summed E-state index contributed by atoms with van der Waals surface area (Å²) in [4.78, 5) is 58.6. The number of nitrogens with one attached hydrogen (secondary N) is 3. The molecule has 3 heterocycles. The highest BCUT2D eigenvalue weighted by molar-refractivity contribution is 6.30. The summed E-state index contributed by atoms with van der Waals surface area (Å²) in [5.41, 5.74) is 1.14. The molecule has 2 amide bonds. The number of nitrogens with zero attached hydrogens (tertiary/aromatic N) is 4. The Morgan fingerprint density at radius 2 is 1.82 bits per heavy atom. The Morgan fingerprint density at radius 3 is 2.47 bits per heavy atom. The monoisotopic (exact) mass is 819 g/mol. The van der Waals surface area contributed by atoms with Crippen molar-refractivity contribution in [3.8, 4) is 5.82 Å². The summed E-state index contributed by atoms with van der Waals surface area (Å²) in [6, 6.07) is 3.07. The molecular weight excluding hydrogens is 765 g/mol. The second-order valence-electron chi connectivity index (χ2n) is 14.9. The van der Waals surface area contributed by atoms with Gasteiger partial charge in [-0.15, -0.1) is 0 Å². The van der Waals surface area contributed by atoms with Crippen LogP contribution in [0.5, 0.6) is 0 Å². The molecule has 1 aromatic carbocycles. The van der Waals surface area contributed by atoms with Crippen LogP contribution in [0.25, 0.3) is 5.82 Å². The molecule has 2 fully saturated rings. The van der Waals surface area contributed by atoms with E-state index in [0.29, 0.717) is 43.4 Å². The number of carboxylic acid groups (broad SMARTS) is 2. The second-order valence-corrected chi connectivity index (χ2v) is 15.3. The van der Waals surface area contributed by atoms with Gasteiger partial charge in [0.05, 0.1) is 18.1 Å². The number of benzene rings is 1. The fourth-order valence-electron chi connectivity index (χ4n) is 6.69. The number of carbonyl (C=O) groups is 3. The number of ether oxygens (including phenoxy) is 1. The fourth-order valence-corrected chi connectivity index (χ4v) is 6.92. The van der Waals surface area contributed by atoms with E-state index in [0.717, 1.165) is 56.6 Å². The van der Waals surface area contributed by atoms with Crippen LogP contribution >= 0.6 is 11.6 Å². The van der Waals surface area contributed by atoms with Crippen LogP contribution in [0.1, 0.15) is 113 Å². The maximum Gasteiger partial charge on any atom is 0.404 e. The van der Waals surface area contributed by atoms with E-state index in [-0.39, 0.29) is 35.3 Å². The number of amides is 2. The quantitative estimate of drug-likeness (QED) is 0.0481. The molecule has 1 saturated carbocycles. The van der Waals surface area contributed by atoms with Crippen LogP contribution in [0, 0.1) is 24.6 Å². The van der Waals surface area contributed by atoms with Crippen LogP contribution in [0.3, 0.4) is 0 Å². The molecule has 2 aromatic heterocycles. The van der Waals surface area contributed by atoms with Crippen molar-refractivity contribution in [1.82, 2.24) is 30.2 Å². The number of aliphatic carboxylic acids is 1. The smallest absolute Gasteiger partial charge is 0.404 e. The van der Waals surface area contributed by atoms with Crippen LogP contribution < -0.4 is 16.0 Å². The summed E-state index contributed by atoms with van der Waals surface area (Å²) in [7, 11) is 0. The van der Waals surface area contributed by atoms with Crippen molar-refractivity contribution in [2.75, 3.05) is 25.1 Å². The molecule has 1 aliphatic heterocycles. The van der Waals surface area contributed by atoms with Gasteiger partial charge in [0, 0.05) is 55.2 Å². The molecule has 57 heavy (non-hydrogen) atoms. The Morgan fingerprint density at radius 1 is 1.11 bits per heavy atom. The van der Waals surface area contributed by atoms with E-state index in [1.807, 2.05) is 13.8 Å². The fraction of sp³-hybridized carbons (Fsp3) is 0.590. The maximum atomic E-state index is 13.9. The molecule has 2 aliphatic rings.